The Morgan fingerprint density at radius 3 is 2.23 bits per heavy atom. The fraction of sp³-hybridized carbons (Fsp3) is 0.591. The van der Waals surface area contributed by atoms with E-state index in [4.69, 9.17) is 9.47 Å². The molecule has 1 aromatic carbocycles. The summed E-state index contributed by atoms with van der Waals surface area (Å²) in [6.45, 7) is 7.83. The lowest BCUT2D eigenvalue weighted by atomic mass is 10.2. The van der Waals surface area contributed by atoms with Gasteiger partial charge in [0.25, 0.3) is 0 Å². The highest BCUT2D eigenvalue weighted by atomic mass is 16.6. The van der Waals surface area contributed by atoms with Crippen LogP contribution in [0.1, 0.15) is 40.0 Å². The average Bonchev–Trinajstić information content (AvgIpc) is 2.95. The summed E-state index contributed by atoms with van der Waals surface area (Å²) in [4.78, 5) is 40.0. The maximum Gasteiger partial charge on any atom is 0.408 e. The first-order valence-corrected chi connectivity index (χ1v) is 10.4. The molecule has 0 bridgehead atoms. The van der Waals surface area contributed by atoms with Crippen LogP contribution in [-0.4, -0.2) is 72.6 Å². The third kappa shape index (κ3) is 8.71. The number of rotatable bonds is 7. The number of hydrogen-bond acceptors (Lipinski definition) is 5. The average molecular weight is 420 g/mol. The van der Waals surface area contributed by atoms with E-state index in [9.17, 15) is 14.4 Å². The number of para-hydroxylation sites is 1. The number of amides is 3. The minimum absolute atomic E-state index is 0.0767. The van der Waals surface area contributed by atoms with Crippen molar-refractivity contribution in [2.24, 2.45) is 0 Å². The Hall–Kier alpha value is -2.77. The summed E-state index contributed by atoms with van der Waals surface area (Å²) in [7, 11) is 0. The van der Waals surface area contributed by atoms with E-state index in [1.165, 1.54) is 0 Å². The molecule has 1 aliphatic heterocycles. The van der Waals surface area contributed by atoms with Crippen molar-refractivity contribution in [3.63, 3.8) is 0 Å². The molecule has 1 heterocycles. The maximum atomic E-state index is 12.5. The highest BCUT2D eigenvalue weighted by Gasteiger charge is 2.23. The summed E-state index contributed by atoms with van der Waals surface area (Å²) >= 11 is 0. The van der Waals surface area contributed by atoms with Gasteiger partial charge in [-0.15, -0.1) is 0 Å². The number of hydrogen-bond donors (Lipinski definition) is 1. The molecule has 0 unspecified atom stereocenters. The lowest BCUT2D eigenvalue weighted by molar-refractivity contribution is -0.133. The van der Waals surface area contributed by atoms with Crippen LogP contribution in [0.4, 0.5) is 4.79 Å². The molecular weight excluding hydrogens is 386 g/mol. The first-order chi connectivity index (χ1) is 14.2. The molecule has 0 atom stereocenters. The molecule has 0 aliphatic carbocycles. The van der Waals surface area contributed by atoms with Crippen molar-refractivity contribution in [2.45, 2.75) is 45.6 Å². The van der Waals surface area contributed by atoms with Crippen molar-refractivity contribution in [2.75, 3.05) is 39.3 Å². The molecule has 166 valence electrons. The van der Waals surface area contributed by atoms with Crippen molar-refractivity contribution >= 4 is 17.9 Å². The Bertz CT molecular complexity index is 702. The molecule has 0 radical (unpaired) electrons. The van der Waals surface area contributed by atoms with Crippen molar-refractivity contribution in [3.8, 4) is 5.75 Å². The van der Waals surface area contributed by atoms with Crippen LogP contribution in [0, 0.1) is 0 Å². The highest BCUT2D eigenvalue weighted by Crippen LogP contribution is 2.11. The SMILES string of the molecule is CC(C)(C)OC(=O)NCC(=O)N1CCCN(C(=O)CCCOc2ccccc2)CC1. The molecule has 1 aliphatic rings. The predicted octanol–water partition coefficient (Wildman–Crippen LogP) is 2.43. The summed E-state index contributed by atoms with van der Waals surface area (Å²) in [5, 5.41) is 2.49. The van der Waals surface area contributed by atoms with Gasteiger partial charge in [0, 0.05) is 32.6 Å². The molecule has 0 saturated carbocycles. The fourth-order valence-corrected chi connectivity index (χ4v) is 3.08. The summed E-state index contributed by atoms with van der Waals surface area (Å²) in [6.07, 6.45) is 1.16. The van der Waals surface area contributed by atoms with Crippen molar-refractivity contribution in [1.82, 2.24) is 15.1 Å². The van der Waals surface area contributed by atoms with Crippen LogP contribution in [0.5, 0.6) is 5.75 Å². The van der Waals surface area contributed by atoms with Gasteiger partial charge in [-0.1, -0.05) is 18.2 Å². The zero-order valence-electron chi connectivity index (χ0n) is 18.2. The van der Waals surface area contributed by atoms with E-state index in [1.54, 1.807) is 30.6 Å². The number of nitrogens with one attached hydrogen (secondary N) is 1. The molecule has 1 aromatic rings. The van der Waals surface area contributed by atoms with Gasteiger partial charge in [-0.3, -0.25) is 9.59 Å². The summed E-state index contributed by atoms with van der Waals surface area (Å²) in [5.41, 5.74) is -0.608. The second-order valence-electron chi connectivity index (χ2n) is 8.24. The maximum absolute atomic E-state index is 12.5. The smallest absolute Gasteiger partial charge is 0.408 e. The number of alkyl carbamates (subject to hydrolysis) is 1. The van der Waals surface area contributed by atoms with E-state index in [-0.39, 0.29) is 18.4 Å². The first kappa shape index (κ1) is 23.5. The third-order valence-electron chi connectivity index (χ3n) is 4.53. The normalized spacial score (nSPS) is 14.6. The van der Waals surface area contributed by atoms with E-state index in [0.29, 0.717) is 52.0 Å². The Labute approximate surface area is 178 Å². The molecule has 1 fully saturated rings. The van der Waals surface area contributed by atoms with Crippen molar-refractivity contribution < 1.29 is 23.9 Å². The molecule has 1 saturated heterocycles. The summed E-state index contributed by atoms with van der Waals surface area (Å²) in [6, 6.07) is 9.53. The Morgan fingerprint density at radius 1 is 0.967 bits per heavy atom. The fourth-order valence-electron chi connectivity index (χ4n) is 3.08. The standard InChI is InChI=1S/C22H33N3O5/c1-22(2,3)30-21(28)23-17-20(27)25-13-8-12-24(14-15-25)19(26)11-7-16-29-18-9-5-4-6-10-18/h4-6,9-10H,7-8,11-17H2,1-3H3,(H,23,28). The monoisotopic (exact) mass is 419 g/mol. The second kappa shape index (κ2) is 11.4. The number of carbonyl (C=O) groups excluding carboxylic acids is 3. The van der Waals surface area contributed by atoms with Crippen LogP contribution in [-0.2, 0) is 14.3 Å². The van der Waals surface area contributed by atoms with Crippen LogP contribution in [0.2, 0.25) is 0 Å². The van der Waals surface area contributed by atoms with Crippen LogP contribution in [0.3, 0.4) is 0 Å². The minimum Gasteiger partial charge on any atom is -0.494 e. The number of carbonyl (C=O) groups is 3. The molecular formula is C22H33N3O5. The number of ether oxygens (including phenoxy) is 2. The van der Waals surface area contributed by atoms with Gasteiger partial charge in [-0.25, -0.2) is 4.79 Å². The molecule has 8 nitrogen and oxygen atoms in total. The lowest BCUT2D eigenvalue weighted by Crippen LogP contribution is -2.43. The Balaban J connectivity index is 1.67. The Morgan fingerprint density at radius 2 is 1.60 bits per heavy atom. The van der Waals surface area contributed by atoms with Gasteiger partial charge in [0.2, 0.25) is 11.8 Å². The van der Waals surface area contributed by atoms with Crippen molar-refractivity contribution in [3.05, 3.63) is 30.3 Å². The molecule has 0 spiro atoms. The number of nitrogens with zero attached hydrogens (tertiary/aromatic N) is 2. The largest absolute Gasteiger partial charge is 0.494 e. The van der Waals surface area contributed by atoms with Gasteiger partial charge in [-0.2, -0.15) is 0 Å². The summed E-state index contributed by atoms with van der Waals surface area (Å²) in [5.74, 6) is 0.702. The van der Waals surface area contributed by atoms with Crippen LogP contribution >= 0.6 is 0 Å². The molecule has 30 heavy (non-hydrogen) atoms. The van der Waals surface area contributed by atoms with Gasteiger partial charge >= 0.3 is 6.09 Å². The zero-order valence-corrected chi connectivity index (χ0v) is 18.2. The topological polar surface area (TPSA) is 88.2 Å². The predicted molar refractivity (Wildman–Crippen MR) is 113 cm³/mol. The third-order valence-corrected chi connectivity index (χ3v) is 4.53. The van der Waals surface area contributed by atoms with Gasteiger partial charge in [0.05, 0.1) is 6.61 Å². The molecule has 8 heteroatoms. The molecule has 3 amide bonds. The van der Waals surface area contributed by atoms with E-state index in [0.717, 1.165) is 5.75 Å². The van der Waals surface area contributed by atoms with Crippen LogP contribution < -0.4 is 10.1 Å². The number of benzene rings is 1. The first-order valence-electron chi connectivity index (χ1n) is 10.4. The van der Waals surface area contributed by atoms with Crippen LogP contribution in [0.15, 0.2) is 30.3 Å². The Kier molecular flexibility index (Phi) is 8.95. The van der Waals surface area contributed by atoms with Gasteiger partial charge in [0.1, 0.15) is 17.9 Å². The van der Waals surface area contributed by atoms with Gasteiger partial charge < -0.3 is 24.6 Å². The quantitative estimate of drug-likeness (QED) is 0.686. The summed E-state index contributed by atoms with van der Waals surface area (Å²) < 4.78 is 10.8. The van der Waals surface area contributed by atoms with E-state index < -0.39 is 11.7 Å². The van der Waals surface area contributed by atoms with Gasteiger partial charge in [-0.05, 0) is 45.7 Å². The molecule has 2 rings (SSSR count). The lowest BCUT2D eigenvalue weighted by Gasteiger charge is -2.23. The van der Waals surface area contributed by atoms with E-state index >= 15 is 0 Å². The minimum atomic E-state index is -0.611. The van der Waals surface area contributed by atoms with E-state index in [2.05, 4.69) is 5.32 Å². The molecule has 1 N–H and O–H groups in total. The molecule has 0 aromatic heterocycles. The van der Waals surface area contributed by atoms with E-state index in [1.807, 2.05) is 30.3 Å². The van der Waals surface area contributed by atoms with Crippen LogP contribution in [0.25, 0.3) is 0 Å². The van der Waals surface area contributed by atoms with Crippen molar-refractivity contribution in [1.29, 1.82) is 0 Å². The second-order valence-corrected chi connectivity index (χ2v) is 8.24. The highest BCUT2D eigenvalue weighted by molar-refractivity contribution is 5.82. The van der Waals surface area contributed by atoms with Gasteiger partial charge in [0.15, 0.2) is 0 Å². The zero-order chi connectivity index (χ0) is 22.0.